The third-order valence-electron chi connectivity index (χ3n) is 10.1. The molecule has 0 aliphatic heterocycles. The first-order chi connectivity index (χ1) is 17.3. The van der Waals surface area contributed by atoms with E-state index >= 15 is 0 Å². The zero-order valence-corrected chi connectivity index (χ0v) is 23.0. The molecule has 0 aromatic heterocycles. The first-order valence-electron chi connectivity index (χ1n) is 15.2. The second-order valence-corrected chi connectivity index (χ2v) is 12.9. The van der Waals surface area contributed by atoms with Gasteiger partial charge in [-0.3, -0.25) is 14.4 Å². The average molecular weight is 502 g/mol. The maximum Gasteiger partial charge on any atom is 0.223 e. The maximum atomic E-state index is 13.5. The lowest BCUT2D eigenvalue weighted by atomic mass is 9.73. The quantitative estimate of drug-likeness (QED) is 0.473. The second-order valence-electron chi connectivity index (χ2n) is 12.9. The van der Waals surface area contributed by atoms with Gasteiger partial charge in [0.1, 0.15) is 0 Å². The maximum absolute atomic E-state index is 13.5. The SMILES string of the molecule is CC1CCCCC1NC(=O)C1CC(C(=O)NC2CCCCC2C)CC(C(=O)NC2CCCCC2C)C1. The van der Waals surface area contributed by atoms with Crippen molar-refractivity contribution in [1.29, 1.82) is 0 Å². The molecule has 6 nitrogen and oxygen atoms in total. The zero-order valence-electron chi connectivity index (χ0n) is 23.0. The van der Waals surface area contributed by atoms with E-state index in [1.165, 1.54) is 19.3 Å². The van der Waals surface area contributed by atoms with Crippen LogP contribution in [-0.4, -0.2) is 35.8 Å². The van der Waals surface area contributed by atoms with Crippen molar-refractivity contribution in [2.45, 2.75) is 135 Å². The van der Waals surface area contributed by atoms with Crippen molar-refractivity contribution in [2.75, 3.05) is 0 Å². The molecule has 36 heavy (non-hydrogen) atoms. The lowest BCUT2D eigenvalue weighted by Gasteiger charge is -2.38. The van der Waals surface area contributed by atoms with Gasteiger partial charge in [0.05, 0.1) is 0 Å². The van der Waals surface area contributed by atoms with Gasteiger partial charge in [0.2, 0.25) is 17.7 Å². The Hall–Kier alpha value is -1.59. The largest absolute Gasteiger partial charge is 0.353 e. The average Bonchev–Trinajstić information content (AvgIpc) is 2.87. The van der Waals surface area contributed by atoms with Crippen molar-refractivity contribution < 1.29 is 14.4 Å². The number of rotatable bonds is 6. The fourth-order valence-corrected chi connectivity index (χ4v) is 7.46. The Balaban J connectivity index is 1.43. The van der Waals surface area contributed by atoms with E-state index in [1.807, 2.05) is 0 Å². The smallest absolute Gasteiger partial charge is 0.223 e. The summed E-state index contributed by atoms with van der Waals surface area (Å²) in [7, 11) is 0. The molecule has 0 aromatic rings. The molecule has 0 aromatic carbocycles. The summed E-state index contributed by atoms with van der Waals surface area (Å²) in [4.78, 5) is 40.4. The highest BCUT2D eigenvalue weighted by Gasteiger charge is 2.41. The van der Waals surface area contributed by atoms with Crippen molar-refractivity contribution >= 4 is 17.7 Å². The van der Waals surface area contributed by atoms with Gasteiger partial charge < -0.3 is 16.0 Å². The molecule has 3 amide bonds. The van der Waals surface area contributed by atoms with Crippen LogP contribution in [0.2, 0.25) is 0 Å². The zero-order chi connectivity index (χ0) is 25.7. The van der Waals surface area contributed by atoms with Crippen LogP contribution in [-0.2, 0) is 14.4 Å². The van der Waals surface area contributed by atoms with Crippen LogP contribution in [0.5, 0.6) is 0 Å². The van der Waals surface area contributed by atoms with E-state index in [4.69, 9.17) is 0 Å². The summed E-state index contributed by atoms with van der Waals surface area (Å²) in [6, 6.07) is 0.664. The fraction of sp³-hybridized carbons (Fsp3) is 0.900. The molecule has 4 aliphatic rings. The molecule has 4 saturated carbocycles. The molecular weight excluding hydrogens is 450 g/mol. The summed E-state index contributed by atoms with van der Waals surface area (Å²) in [6.07, 6.45) is 15.4. The minimum atomic E-state index is -0.271. The number of carbonyl (C=O) groups is 3. The van der Waals surface area contributed by atoms with E-state index in [9.17, 15) is 14.4 Å². The highest BCUT2D eigenvalue weighted by atomic mass is 16.2. The van der Waals surface area contributed by atoms with E-state index in [0.29, 0.717) is 37.0 Å². The van der Waals surface area contributed by atoms with Crippen LogP contribution in [0.3, 0.4) is 0 Å². The van der Waals surface area contributed by atoms with E-state index in [1.54, 1.807) is 0 Å². The van der Waals surface area contributed by atoms with Crippen LogP contribution in [0.1, 0.15) is 117 Å². The van der Waals surface area contributed by atoms with Gasteiger partial charge in [0.25, 0.3) is 0 Å². The Morgan fingerprint density at radius 2 is 0.694 bits per heavy atom. The molecule has 4 rings (SSSR count). The first-order valence-corrected chi connectivity index (χ1v) is 15.2. The van der Waals surface area contributed by atoms with Crippen LogP contribution < -0.4 is 16.0 Å². The normalized spacial score (nSPS) is 39.6. The standard InChI is InChI=1S/C30H51N3O3/c1-19-10-4-7-13-25(19)31-28(34)22-16-23(29(35)32-26-14-8-5-11-20(26)2)18-24(17-22)30(36)33-27-15-9-6-12-21(27)3/h19-27H,4-18H2,1-3H3,(H,31,34)(H,32,35)(H,33,36). The van der Waals surface area contributed by atoms with Crippen LogP contribution in [0, 0.1) is 35.5 Å². The van der Waals surface area contributed by atoms with Crippen molar-refractivity contribution in [1.82, 2.24) is 16.0 Å². The third-order valence-corrected chi connectivity index (χ3v) is 10.1. The van der Waals surface area contributed by atoms with E-state index in [-0.39, 0.29) is 53.6 Å². The Bertz CT molecular complexity index is 665. The predicted octanol–water partition coefficient (Wildman–Crippen LogP) is 5.10. The number of nitrogens with one attached hydrogen (secondary N) is 3. The van der Waals surface area contributed by atoms with Crippen LogP contribution >= 0.6 is 0 Å². The minimum Gasteiger partial charge on any atom is -0.353 e. The molecule has 4 aliphatic carbocycles. The van der Waals surface area contributed by atoms with Crippen LogP contribution in [0.15, 0.2) is 0 Å². The Labute approximate surface area is 218 Å². The summed E-state index contributed by atoms with van der Waals surface area (Å²) >= 11 is 0. The van der Waals surface area contributed by atoms with Gasteiger partial charge in [-0.25, -0.2) is 0 Å². The molecule has 6 atom stereocenters. The van der Waals surface area contributed by atoms with E-state index in [2.05, 4.69) is 36.7 Å². The topological polar surface area (TPSA) is 87.3 Å². The summed E-state index contributed by atoms with van der Waals surface area (Å²) in [5.41, 5.74) is 0. The second kappa shape index (κ2) is 12.8. The molecular formula is C30H51N3O3. The molecule has 0 radical (unpaired) electrons. The monoisotopic (exact) mass is 501 g/mol. The molecule has 204 valence electrons. The molecule has 6 heteroatoms. The molecule has 0 spiro atoms. The Morgan fingerprint density at radius 1 is 0.444 bits per heavy atom. The minimum absolute atomic E-state index is 0.0566. The summed E-state index contributed by atoms with van der Waals surface area (Å²) in [5, 5.41) is 10.00. The van der Waals surface area contributed by atoms with Crippen molar-refractivity contribution in [2.24, 2.45) is 35.5 Å². The third kappa shape index (κ3) is 7.04. The number of carbonyl (C=O) groups excluding carboxylic acids is 3. The van der Waals surface area contributed by atoms with Crippen molar-refractivity contribution in [3.63, 3.8) is 0 Å². The molecule has 0 saturated heterocycles. The number of hydrogen-bond acceptors (Lipinski definition) is 3. The van der Waals surface area contributed by atoms with Crippen LogP contribution in [0.4, 0.5) is 0 Å². The first kappa shape index (κ1) is 27.4. The highest BCUT2D eigenvalue weighted by Crippen LogP contribution is 2.36. The van der Waals surface area contributed by atoms with E-state index in [0.717, 1.165) is 57.8 Å². The van der Waals surface area contributed by atoms with Gasteiger partial charge in [0.15, 0.2) is 0 Å². The van der Waals surface area contributed by atoms with Gasteiger partial charge in [-0.15, -0.1) is 0 Å². The summed E-state index contributed by atoms with van der Waals surface area (Å²) in [6.45, 7) is 6.69. The molecule has 0 heterocycles. The summed E-state index contributed by atoms with van der Waals surface area (Å²) in [5.74, 6) is 0.828. The molecule has 3 N–H and O–H groups in total. The van der Waals surface area contributed by atoms with Gasteiger partial charge in [-0.2, -0.15) is 0 Å². The van der Waals surface area contributed by atoms with Gasteiger partial charge in [-0.05, 0) is 75.5 Å². The molecule has 0 bridgehead atoms. The Morgan fingerprint density at radius 3 is 0.944 bits per heavy atom. The Kier molecular flexibility index (Phi) is 9.74. The fourth-order valence-electron chi connectivity index (χ4n) is 7.46. The van der Waals surface area contributed by atoms with Gasteiger partial charge >= 0.3 is 0 Å². The predicted molar refractivity (Wildman–Crippen MR) is 143 cm³/mol. The lowest BCUT2D eigenvalue weighted by Crippen LogP contribution is -2.51. The van der Waals surface area contributed by atoms with Gasteiger partial charge in [0, 0.05) is 35.9 Å². The number of amides is 3. The highest BCUT2D eigenvalue weighted by molar-refractivity contribution is 5.86. The van der Waals surface area contributed by atoms with Crippen LogP contribution in [0.25, 0.3) is 0 Å². The lowest BCUT2D eigenvalue weighted by molar-refractivity contribution is -0.136. The van der Waals surface area contributed by atoms with E-state index < -0.39 is 0 Å². The summed E-state index contributed by atoms with van der Waals surface area (Å²) < 4.78 is 0. The molecule has 4 fully saturated rings. The van der Waals surface area contributed by atoms with Crippen molar-refractivity contribution in [3.05, 3.63) is 0 Å². The van der Waals surface area contributed by atoms with Gasteiger partial charge in [-0.1, -0.05) is 59.3 Å². The van der Waals surface area contributed by atoms with Crippen molar-refractivity contribution in [3.8, 4) is 0 Å². The molecule has 6 unspecified atom stereocenters. The number of hydrogen-bond donors (Lipinski definition) is 3.